The molecule has 0 N–H and O–H groups in total. The van der Waals surface area contributed by atoms with Crippen molar-refractivity contribution in [2.45, 2.75) is 57.7 Å². The van der Waals surface area contributed by atoms with Crippen LogP contribution in [0.3, 0.4) is 0 Å². The minimum absolute atomic E-state index is 0.0312. The summed E-state index contributed by atoms with van der Waals surface area (Å²) >= 11 is 0. The molecule has 1 aliphatic carbocycles. The predicted molar refractivity (Wildman–Crippen MR) is 68.4 cm³/mol. The van der Waals surface area contributed by atoms with E-state index in [1.807, 2.05) is 6.08 Å². The third-order valence-corrected chi connectivity index (χ3v) is 4.88. The normalized spacial score (nSPS) is 48.6. The molecule has 0 aromatic heterocycles. The smallest absolute Gasteiger partial charge is 0.0839 e. The number of rotatable bonds is 1. The van der Waals surface area contributed by atoms with Crippen molar-refractivity contribution in [2.24, 2.45) is 11.8 Å². The van der Waals surface area contributed by atoms with Gasteiger partial charge in [0.05, 0.1) is 11.2 Å². The maximum atomic E-state index is 6.42. The van der Waals surface area contributed by atoms with Crippen molar-refractivity contribution < 1.29 is 4.74 Å². The molecule has 0 aromatic carbocycles. The molecule has 1 saturated carbocycles. The largest absolute Gasteiger partial charge is 0.364 e. The van der Waals surface area contributed by atoms with Gasteiger partial charge in [-0.3, -0.25) is 0 Å². The average molecular weight is 220 g/mol. The molecule has 2 rings (SSSR count). The molecular formula is C15H24O. The molecule has 16 heavy (non-hydrogen) atoms. The standard InChI is InChI=1S/C15H24O/c1-6-14(4)10-9-13-11(2)7-8-12(3)15(13,5)16-14/h6,12-13H,1-2,7-10H2,3-5H3. The van der Waals surface area contributed by atoms with Crippen LogP contribution in [0.1, 0.15) is 46.5 Å². The first kappa shape index (κ1) is 11.9. The monoisotopic (exact) mass is 220 g/mol. The summed E-state index contributed by atoms with van der Waals surface area (Å²) in [6.45, 7) is 14.9. The van der Waals surface area contributed by atoms with Crippen molar-refractivity contribution in [1.82, 2.24) is 0 Å². The SMILES string of the molecule is C=CC1(C)CCC2C(=C)CCC(C)C2(C)O1. The van der Waals surface area contributed by atoms with Crippen molar-refractivity contribution in [1.29, 1.82) is 0 Å². The highest BCUT2D eigenvalue weighted by Crippen LogP contribution is 2.51. The molecule has 4 unspecified atom stereocenters. The predicted octanol–water partition coefficient (Wildman–Crippen LogP) is 4.10. The van der Waals surface area contributed by atoms with Crippen molar-refractivity contribution in [2.75, 3.05) is 0 Å². The Kier molecular flexibility index (Phi) is 2.78. The van der Waals surface area contributed by atoms with Crippen LogP contribution in [0.2, 0.25) is 0 Å². The molecular weight excluding hydrogens is 196 g/mol. The van der Waals surface area contributed by atoms with Gasteiger partial charge in [-0.1, -0.05) is 25.2 Å². The summed E-state index contributed by atoms with van der Waals surface area (Å²) in [6, 6.07) is 0. The molecule has 90 valence electrons. The molecule has 1 heterocycles. The van der Waals surface area contributed by atoms with Crippen LogP contribution in [0.4, 0.5) is 0 Å². The molecule has 2 aliphatic rings. The zero-order valence-electron chi connectivity index (χ0n) is 10.9. The van der Waals surface area contributed by atoms with E-state index in [1.165, 1.54) is 24.8 Å². The number of hydrogen-bond donors (Lipinski definition) is 0. The van der Waals surface area contributed by atoms with Crippen LogP contribution < -0.4 is 0 Å². The second kappa shape index (κ2) is 3.73. The second-order valence-electron chi connectivity index (χ2n) is 5.99. The fraction of sp³-hybridized carbons (Fsp3) is 0.733. The van der Waals surface area contributed by atoms with Crippen molar-refractivity contribution in [3.8, 4) is 0 Å². The summed E-state index contributed by atoms with van der Waals surface area (Å²) in [7, 11) is 0. The first-order valence-electron chi connectivity index (χ1n) is 6.43. The van der Waals surface area contributed by atoms with Gasteiger partial charge < -0.3 is 4.74 Å². The van der Waals surface area contributed by atoms with Crippen molar-refractivity contribution in [3.63, 3.8) is 0 Å². The average Bonchev–Trinajstić information content (AvgIpc) is 2.24. The number of fused-ring (bicyclic) bond motifs is 1. The summed E-state index contributed by atoms with van der Waals surface area (Å²) in [5.74, 6) is 1.16. The van der Waals surface area contributed by atoms with Gasteiger partial charge in [0.2, 0.25) is 0 Å². The summed E-state index contributed by atoms with van der Waals surface area (Å²) in [6.07, 6.45) is 6.62. The molecule has 0 spiro atoms. The summed E-state index contributed by atoms with van der Waals surface area (Å²) in [5.41, 5.74) is 1.22. The quantitative estimate of drug-likeness (QED) is 0.604. The fourth-order valence-electron chi connectivity index (χ4n) is 3.40. The van der Waals surface area contributed by atoms with Gasteiger partial charge in [0.15, 0.2) is 0 Å². The summed E-state index contributed by atoms with van der Waals surface area (Å²) < 4.78 is 6.42. The molecule has 2 fully saturated rings. The highest BCUT2D eigenvalue weighted by atomic mass is 16.5. The topological polar surface area (TPSA) is 9.23 Å². The zero-order valence-corrected chi connectivity index (χ0v) is 10.9. The molecule has 0 aromatic rings. The Labute approximate surface area is 99.6 Å². The Hall–Kier alpha value is -0.560. The van der Waals surface area contributed by atoms with Gasteiger partial charge >= 0.3 is 0 Å². The third-order valence-electron chi connectivity index (χ3n) is 4.88. The lowest BCUT2D eigenvalue weighted by atomic mass is 9.63. The van der Waals surface area contributed by atoms with E-state index in [4.69, 9.17) is 4.74 Å². The van der Waals surface area contributed by atoms with Gasteiger partial charge in [-0.25, -0.2) is 0 Å². The Morgan fingerprint density at radius 2 is 2.06 bits per heavy atom. The van der Waals surface area contributed by atoms with Crippen LogP contribution in [-0.2, 0) is 4.74 Å². The third kappa shape index (κ3) is 1.66. The maximum Gasteiger partial charge on any atom is 0.0839 e. The van der Waals surface area contributed by atoms with E-state index in [1.54, 1.807) is 0 Å². The Bertz CT molecular complexity index is 319. The number of hydrogen-bond acceptors (Lipinski definition) is 1. The van der Waals surface area contributed by atoms with Crippen molar-refractivity contribution in [3.05, 3.63) is 24.8 Å². The molecule has 0 amide bonds. The van der Waals surface area contributed by atoms with Crippen LogP contribution in [0.5, 0.6) is 0 Å². The van der Waals surface area contributed by atoms with Crippen LogP contribution in [0.15, 0.2) is 24.8 Å². The van der Waals surface area contributed by atoms with E-state index >= 15 is 0 Å². The van der Waals surface area contributed by atoms with E-state index in [0.29, 0.717) is 11.8 Å². The van der Waals surface area contributed by atoms with E-state index in [9.17, 15) is 0 Å². The minimum atomic E-state index is -0.142. The van der Waals surface area contributed by atoms with E-state index in [0.717, 1.165) is 6.42 Å². The molecule has 1 aliphatic heterocycles. The molecule has 0 radical (unpaired) electrons. The second-order valence-corrected chi connectivity index (χ2v) is 5.99. The van der Waals surface area contributed by atoms with Gasteiger partial charge in [0.25, 0.3) is 0 Å². The lowest BCUT2D eigenvalue weighted by Crippen LogP contribution is -2.55. The maximum absolute atomic E-state index is 6.42. The lowest BCUT2D eigenvalue weighted by Gasteiger charge is -2.55. The first-order chi connectivity index (χ1) is 7.41. The molecule has 4 atom stereocenters. The number of ether oxygens (including phenoxy) is 1. The molecule has 1 saturated heterocycles. The Morgan fingerprint density at radius 1 is 1.38 bits per heavy atom. The highest BCUT2D eigenvalue weighted by Gasteiger charge is 2.50. The molecule has 1 nitrogen and oxygen atoms in total. The van der Waals surface area contributed by atoms with E-state index in [2.05, 4.69) is 33.9 Å². The zero-order chi connectivity index (χ0) is 12.0. The fourth-order valence-corrected chi connectivity index (χ4v) is 3.40. The van der Waals surface area contributed by atoms with Crippen LogP contribution >= 0.6 is 0 Å². The molecule has 1 heteroatoms. The van der Waals surface area contributed by atoms with Gasteiger partial charge in [0.1, 0.15) is 0 Å². The van der Waals surface area contributed by atoms with E-state index < -0.39 is 0 Å². The van der Waals surface area contributed by atoms with E-state index in [-0.39, 0.29) is 11.2 Å². The van der Waals surface area contributed by atoms with Crippen molar-refractivity contribution >= 4 is 0 Å². The summed E-state index contributed by atoms with van der Waals surface area (Å²) in [4.78, 5) is 0. The van der Waals surface area contributed by atoms with Gasteiger partial charge in [-0.2, -0.15) is 0 Å². The van der Waals surface area contributed by atoms with Crippen LogP contribution in [-0.4, -0.2) is 11.2 Å². The summed E-state index contributed by atoms with van der Waals surface area (Å²) in [5, 5.41) is 0. The lowest BCUT2D eigenvalue weighted by molar-refractivity contribution is -0.204. The van der Waals surface area contributed by atoms with Gasteiger partial charge in [-0.15, -0.1) is 6.58 Å². The van der Waals surface area contributed by atoms with Crippen LogP contribution in [0, 0.1) is 11.8 Å². The van der Waals surface area contributed by atoms with Gasteiger partial charge in [0, 0.05) is 5.92 Å². The highest BCUT2D eigenvalue weighted by molar-refractivity contribution is 5.17. The minimum Gasteiger partial charge on any atom is -0.364 e. The first-order valence-corrected chi connectivity index (χ1v) is 6.43. The van der Waals surface area contributed by atoms with Crippen LogP contribution in [0.25, 0.3) is 0 Å². The van der Waals surface area contributed by atoms with Gasteiger partial charge in [-0.05, 0) is 45.4 Å². The Balaban J connectivity index is 2.30. The molecule has 0 bridgehead atoms. The Morgan fingerprint density at radius 3 is 2.69 bits per heavy atom.